The Morgan fingerprint density at radius 1 is 1.30 bits per heavy atom. The summed E-state index contributed by atoms with van der Waals surface area (Å²) in [7, 11) is 0. The Bertz CT molecular complexity index is 514. The molecule has 1 aromatic rings. The van der Waals surface area contributed by atoms with Gasteiger partial charge in [0.1, 0.15) is 6.10 Å². The summed E-state index contributed by atoms with van der Waals surface area (Å²) in [4.78, 5) is 25.5. The number of hydrogen-bond acceptors (Lipinski definition) is 4. The van der Waals surface area contributed by atoms with Gasteiger partial charge in [0.15, 0.2) is 5.78 Å². The van der Waals surface area contributed by atoms with E-state index in [1.807, 2.05) is 18.2 Å². The van der Waals surface area contributed by atoms with Gasteiger partial charge in [0.2, 0.25) is 0 Å². The average Bonchev–Trinajstić information content (AvgIpc) is 2.58. The molecule has 0 unspecified atom stereocenters. The molecule has 0 N–H and O–H groups in total. The molecular formula is C16H19NO3. The van der Waals surface area contributed by atoms with E-state index >= 15 is 0 Å². The van der Waals surface area contributed by atoms with Crippen LogP contribution in [0.2, 0.25) is 0 Å². The maximum atomic E-state index is 12.1. The molecule has 2 heterocycles. The third kappa shape index (κ3) is 2.61. The predicted molar refractivity (Wildman–Crippen MR) is 74.0 cm³/mol. The lowest BCUT2D eigenvalue weighted by Gasteiger charge is -2.37. The van der Waals surface area contributed by atoms with E-state index in [-0.39, 0.29) is 24.2 Å². The quantitative estimate of drug-likeness (QED) is 0.789. The zero-order valence-electron chi connectivity index (χ0n) is 11.6. The topological polar surface area (TPSA) is 46.6 Å². The number of carbonyl (C=O) groups excluding carboxylic acids is 2. The summed E-state index contributed by atoms with van der Waals surface area (Å²) in [5.74, 6) is 0.0407. The van der Waals surface area contributed by atoms with Crippen molar-refractivity contribution in [1.29, 1.82) is 0 Å². The van der Waals surface area contributed by atoms with Crippen molar-refractivity contribution < 1.29 is 14.3 Å². The summed E-state index contributed by atoms with van der Waals surface area (Å²) >= 11 is 0. The first-order chi connectivity index (χ1) is 9.63. The molecule has 2 aliphatic heterocycles. The van der Waals surface area contributed by atoms with Crippen LogP contribution in [0.1, 0.15) is 31.7 Å². The molecule has 2 aliphatic rings. The highest BCUT2D eigenvalue weighted by atomic mass is 16.5. The van der Waals surface area contributed by atoms with Crippen molar-refractivity contribution >= 4 is 11.8 Å². The molecule has 0 saturated carbocycles. The van der Waals surface area contributed by atoms with Crippen molar-refractivity contribution in [2.45, 2.75) is 50.9 Å². The van der Waals surface area contributed by atoms with Gasteiger partial charge in [-0.25, -0.2) is 0 Å². The zero-order valence-corrected chi connectivity index (χ0v) is 11.6. The number of nitrogens with zero attached hydrogens (tertiary/aromatic N) is 1. The van der Waals surface area contributed by atoms with E-state index < -0.39 is 0 Å². The molecule has 0 amide bonds. The van der Waals surface area contributed by atoms with Gasteiger partial charge in [-0.05, 0) is 5.56 Å². The van der Waals surface area contributed by atoms with Crippen LogP contribution in [-0.4, -0.2) is 34.8 Å². The third-order valence-corrected chi connectivity index (χ3v) is 4.24. The number of hydrogen-bond donors (Lipinski definition) is 0. The number of ether oxygens (including phenoxy) is 1. The smallest absolute Gasteiger partial charge is 0.302 e. The van der Waals surface area contributed by atoms with Crippen LogP contribution in [0.25, 0.3) is 0 Å². The standard InChI is InChI=1S/C16H19NO3/c1-11(18)20-14-7-13-8-16(19)15(9-14)17(13)10-12-5-3-2-4-6-12/h2-6,13-15H,7-10H2,1H3/t13-,14-,15-/m1/s1. The molecule has 3 rings (SSSR count). The van der Waals surface area contributed by atoms with Crippen LogP contribution in [-0.2, 0) is 20.9 Å². The minimum Gasteiger partial charge on any atom is -0.462 e. The van der Waals surface area contributed by atoms with Gasteiger partial charge >= 0.3 is 5.97 Å². The maximum absolute atomic E-state index is 12.1. The van der Waals surface area contributed by atoms with Crippen LogP contribution in [0.15, 0.2) is 30.3 Å². The lowest BCUT2D eigenvalue weighted by Crippen LogP contribution is -2.46. The third-order valence-electron chi connectivity index (χ3n) is 4.24. The minimum absolute atomic E-state index is 0.0849. The molecule has 1 aromatic carbocycles. The monoisotopic (exact) mass is 273 g/mol. The van der Waals surface area contributed by atoms with Crippen molar-refractivity contribution in [3.63, 3.8) is 0 Å². The number of esters is 1. The second-order valence-electron chi connectivity index (χ2n) is 5.70. The second kappa shape index (κ2) is 5.37. The van der Waals surface area contributed by atoms with Gasteiger partial charge in [0, 0.05) is 38.8 Å². The second-order valence-corrected chi connectivity index (χ2v) is 5.70. The van der Waals surface area contributed by atoms with Crippen molar-refractivity contribution in [2.24, 2.45) is 0 Å². The Labute approximate surface area is 118 Å². The Kier molecular flexibility index (Phi) is 3.57. The number of piperidine rings is 1. The molecule has 20 heavy (non-hydrogen) atoms. The van der Waals surface area contributed by atoms with E-state index in [1.54, 1.807) is 0 Å². The predicted octanol–water partition coefficient (Wildman–Crippen LogP) is 1.92. The normalized spacial score (nSPS) is 29.4. The number of Topliss-reactive ketones (excluding diaryl/α,β-unsaturated/α-hetero) is 1. The van der Waals surface area contributed by atoms with Crippen LogP contribution in [0.3, 0.4) is 0 Å². The zero-order chi connectivity index (χ0) is 14.1. The molecule has 4 nitrogen and oxygen atoms in total. The van der Waals surface area contributed by atoms with Gasteiger partial charge < -0.3 is 4.74 Å². The Morgan fingerprint density at radius 3 is 2.70 bits per heavy atom. The fourth-order valence-corrected chi connectivity index (χ4v) is 3.42. The van der Waals surface area contributed by atoms with E-state index in [9.17, 15) is 9.59 Å². The summed E-state index contributed by atoms with van der Waals surface area (Å²) in [5.41, 5.74) is 1.23. The van der Waals surface area contributed by atoms with Crippen molar-refractivity contribution in [2.75, 3.05) is 0 Å². The first kappa shape index (κ1) is 13.3. The van der Waals surface area contributed by atoms with Crippen molar-refractivity contribution in [3.05, 3.63) is 35.9 Å². The summed E-state index contributed by atoms with van der Waals surface area (Å²) in [5, 5.41) is 0. The lowest BCUT2D eigenvalue weighted by atomic mass is 9.98. The Morgan fingerprint density at radius 2 is 2.05 bits per heavy atom. The fraction of sp³-hybridized carbons (Fsp3) is 0.500. The minimum atomic E-state index is -0.252. The van der Waals surface area contributed by atoms with Gasteiger partial charge in [0.05, 0.1) is 6.04 Å². The van der Waals surface area contributed by atoms with Crippen molar-refractivity contribution in [1.82, 2.24) is 4.90 Å². The van der Waals surface area contributed by atoms with Gasteiger partial charge in [-0.3, -0.25) is 14.5 Å². The molecule has 2 fully saturated rings. The van der Waals surface area contributed by atoms with E-state index in [1.165, 1.54) is 12.5 Å². The number of fused-ring (bicyclic) bond motifs is 2. The number of ketones is 1. The molecule has 4 heteroatoms. The van der Waals surface area contributed by atoms with Crippen LogP contribution < -0.4 is 0 Å². The highest BCUT2D eigenvalue weighted by Gasteiger charge is 2.46. The maximum Gasteiger partial charge on any atom is 0.302 e. The van der Waals surface area contributed by atoms with Gasteiger partial charge in [-0.15, -0.1) is 0 Å². The molecular weight excluding hydrogens is 254 g/mol. The molecule has 0 aromatic heterocycles. The largest absolute Gasteiger partial charge is 0.462 e. The van der Waals surface area contributed by atoms with Crippen molar-refractivity contribution in [3.8, 4) is 0 Å². The van der Waals surface area contributed by atoms with Crippen LogP contribution in [0.4, 0.5) is 0 Å². The summed E-state index contributed by atoms with van der Waals surface area (Å²) < 4.78 is 5.30. The lowest BCUT2D eigenvalue weighted by molar-refractivity contribution is -0.150. The average molecular weight is 273 g/mol. The Hall–Kier alpha value is -1.68. The Balaban J connectivity index is 1.72. The van der Waals surface area contributed by atoms with E-state index in [2.05, 4.69) is 17.0 Å². The molecule has 3 atom stereocenters. The summed E-state index contributed by atoms with van der Waals surface area (Å²) in [6.45, 7) is 2.23. The molecule has 106 valence electrons. The first-order valence-corrected chi connectivity index (χ1v) is 7.13. The molecule has 2 bridgehead atoms. The van der Waals surface area contributed by atoms with Crippen LogP contribution >= 0.6 is 0 Å². The highest BCUT2D eigenvalue weighted by molar-refractivity contribution is 5.87. The first-order valence-electron chi connectivity index (χ1n) is 7.13. The fourth-order valence-electron chi connectivity index (χ4n) is 3.42. The molecule has 0 aliphatic carbocycles. The van der Waals surface area contributed by atoms with Crippen LogP contribution in [0, 0.1) is 0 Å². The van der Waals surface area contributed by atoms with Gasteiger partial charge in [-0.1, -0.05) is 30.3 Å². The summed E-state index contributed by atoms with van der Waals surface area (Å²) in [6.07, 6.45) is 1.91. The van der Waals surface area contributed by atoms with Crippen LogP contribution in [0.5, 0.6) is 0 Å². The van der Waals surface area contributed by atoms with E-state index in [0.29, 0.717) is 18.6 Å². The molecule has 0 spiro atoms. The molecule has 0 radical (unpaired) electrons. The molecule has 2 saturated heterocycles. The van der Waals surface area contributed by atoms with Gasteiger partial charge in [-0.2, -0.15) is 0 Å². The SMILES string of the molecule is CC(=O)O[C@@H]1C[C@@H]2CC(=O)[C@@H](C1)N2Cc1ccccc1. The summed E-state index contributed by atoms with van der Waals surface area (Å²) in [6, 6.07) is 10.3. The van der Waals surface area contributed by atoms with E-state index in [4.69, 9.17) is 4.74 Å². The number of carbonyl (C=O) groups is 2. The number of rotatable bonds is 3. The van der Waals surface area contributed by atoms with E-state index in [0.717, 1.165) is 13.0 Å². The van der Waals surface area contributed by atoms with Gasteiger partial charge in [0.25, 0.3) is 0 Å². The highest BCUT2D eigenvalue weighted by Crippen LogP contribution is 2.36. The number of benzene rings is 1.